The van der Waals surface area contributed by atoms with E-state index in [1.54, 1.807) is 18.2 Å². The Morgan fingerprint density at radius 2 is 1.31 bits per heavy atom. The summed E-state index contributed by atoms with van der Waals surface area (Å²) in [4.78, 5) is 34.2. The molecule has 35 heavy (non-hydrogen) atoms. The second-order valence-corrected chi connectivity index (χ2v) is 8.84. The highest BCUT2D eigenvalue weighted by molar-refractivity contribution is 5.92. The van der Waals surface area contributed by atoms with Crippen LogP contribution in [0.3, 0.4) is 0 Å². The summed E-state index contributed by atoms with van der Waals surface area (Å²) in [5.74, 6) is -0.837. The number of carbonyl (C=O) groups excluding carboxylic acids is 3. The van der Waals surface area contributed by atoms with Crippen LogP contribution in [-0.2, 0) is 23.8 Å². The molecule has 1 fully saturated rings. The molecule has 1 aromatic rings. The average Bonchev–Trinajstić information content (AvgIpc) is 2.85. The number of rotatable bonds is 6. The molecule has 198 valence electrons. The number of phenolic OH excluding ortho intramolecular Hbond substituents is 1. The lowest BCUT2D eigenvalue weighted by atomic mass is 10.1. The molecule has 0 radical (unpaired) electrons. The number of benzene rings is 1. The summed E-state index contributed by atoms with van der Waals surface area (Å²) in [6.07, 6.45) is 15.4. The summed E-state index contributed by atoms with van der Waals surface area (Å²) in [6, 6.07) is 6.41. The zero-order valence-corrected chi connectivity index (χ0v) is 21.4. The molecule has 0 atom stereocenters. The number of unbranched alkanes of at least 4 members (excludes halogenated alkanes) is 3. The molecular weight excluding hydrogens is 448 g/mol. The van der Waals surface area contributed by atoms with Gasteiger partial charge in [0.1, 0.15) is 24.5 Å². The van der Waals surface area contributed by atoms with Crippen LogP contribution in [0.15, 0.2) is 24.3 Å². The van der Waals surface area contributed by atoms with Gasteiger partial charge in [0, 0.05) is 12.8 Å². The van der Waals surface area contributed by atoms with Crippen LogP contribution in [0.25, 0.3) is 0 Å². The van der Waals surface area contributed by atoms with Crippen molar-refractivity contribution in [3.05, 3.63) is 29.8 Å². The van der Waals surface area contributed by atoms with Crippen LogP contribution in [0.1, 0.15) is 114 Å². The van der Waals surface area contributed by atoms with Crippen molar-refractivity contribution < 1.29 is 33.7 Å². The molecule has 1 aliphatic heterocycles. The van der Waals surface area contributed by atoms with Gasteiger partial charge in [-0.15, -0.1) is 0 Å². The van der Waals surface area contributed by atoms with Crippen LogP contribution < -0.4 is 0 Å². The fourth-order valence-corrected chi connectivity index (χ4v) is 3.65. The Labute approximate surface area is 210 Å². The third kappa shape index (κ3) is 16.7. The molecule has 0 aliphatic carbocycles. The lowest BCUT2D eigenvalue weighted by Gasteiger charge is -2.06. The summed E-state index contributed by atoms with van der Waals surface area (Å²) in [7, 11) is 0. The van der Waals surface area contributed by atoms with E-state index in [4.69, 9.17) is 14.2 Å². The van der Waals surface area contributed by atoms with Gasteiger partial charge < -0.3 is 19.3 Å². The molecule has 0 unspecified atom stereocenters. The Kier molecular flexibility index (Phi) is 18.1. The van der Waals surface area contributed by atoms with Crippen molar-refractivity contribution in [1.82, 2.24) is 0 Å². The first-order valence-corrected chi connectivity index (χ1v) is 13.3. The van der Waals surface area contributed by atoms with Crippen LogP contribution in [0.4, 0.5) is 0 Å². The zero-order chi connectivity index (χ0) is 25.6. The molecule has 0 spiro atoms. The second-order valence-electron chi connectivity index (χ2n) is 8.84. The second kappa shape index (κ2) is 20.8. The van der Waals surface area contributed by atoms with Crippen molar-refractivity contribution in [3.63, 3.8) is 0 Å². The maximum Gasteiger partial charge on any atom is 0.341 e. The predicted molar refractivity (Wildman–Crippen MR) is 135 cm³/mol. The van der Waals surface area contributed by atoms with Crippen molar-refractivity contribution in [3.8, 4) is 5.75 Å². The van der Waals surface area contributed by atoms with Gasteiger partial charge in [0.2, 0.25) is 0 Å². The SMILES string of the molecule is CCCCCCOC(=O)c1ccccc1O.O=C1CCCCCCCCCCCC(=O)OCCO1. The summed E-state index contributed by atoms with van der Waals surface area (Å²) < 4.78 is 15.1. The van der Waals surface area contributed by atoms with Crippen LogP contribution in [0.5, 0.6) is 5.75 Å². The molecule has 0 aromatic heterocycles. The number of cyclic esters (lactones) is 2. The molecule has 1 aliphatic rings. The lowest BCUT2D eigenvalue weighted by molar-refractivity contribution is -0.152. The van der Waals surface area contributed by atoms with E-state index in [9.17, 15) is 19.5 Å². The molecule has 2 rings (SSSR count). The number of para-hydroxylation sites is 1. The largest absolute Gasteiger partial charge is 0.507 e. The van der Waals surface area contributed by atoms with E-state index < -0.39 is 5.97 Å². The molecule has 7 heteroatoms. The van der Waals surface area contributed by atoms with Crippen molar-refractivity contribution in [2.24, 2.45) is 0 Å². The fraction of sp³-hybridized carbons (Fsp3) is 0.679. The van der Waals surface area contributed by atoms with E-state index >= 15 is 0 Å². The molecule has 1 aromatic carbocycles. The number of aromatic hydroxyl groups is 1. The Balaban J connectivity index is 0.000000355. The molecule has 1 N–H and O–H groups in total. The first kappa shape index (κ1) is 30.5. The minimum atomic E-state index is -0.449. The topological polar surface area (TPSA) is 99.1 Å². The highest BCUT2D eigenvalue weighted by Crippen LogP contribution is 2.17. The van der Waals surface area contributed by atoms with E-state index in [1.807, 2.05) is 0 Å². The van der Waals surface area contributed by atoms with Gasteiger partial charge in [-0.05, 0) is 31.4 Å². The molecule has 7 nitrogen and oxygen atoms in total. The van der Waals surface area contributed by atoms with Crippen LogP contribution in [0.2, 0.25) is 0 Å². The van der Waals surface area contributed by atoms with E-state index in [0.29, 0.717) is 19.4 Å². The van der Waals surface area contributed by atoms with Gasteiger partial charge in [-0.1, -0.05) is 83.3 Å². The Hall–Kier alpha value is -2.57. The summed E-state index contributed by atoms with van der Waals surface area (Å²) in [5, 5.41) is 9.42. The monoisotopic (exact) mass is 492 g/mol. The van der Waals surface area contributed by atoms with Crippen molar-refractivity contribution in [1.29, 1.82) is 0 Å². The molecule has 0 saturated carbocycles. The molecule has 0 bridgehead atoms. The summed E-state index contributed by atoms with van der Waals surface area (Å²) in [6.45, 7) is 2.93. The molecule has 1 heterocycles. The zero-order valence-electron chi connectivity index (χ0n) is 21.4. The third-order valence-corrected chi connectivity index (χ3v) is 5.73. The van der Waals surface area contributed by atoms with Gasteiger partial charge in [0.15, 0.2) is 0 Å². The maximum absolute atomic E-state index is 11.5. The van der Waals surface area contributed by atoms with Gasteiger partial charge >= 0.3 is 17.9 Å². The number of hydrogen-bond donors (Lipinski definition) is 1. The number of hydrogen-bond acceptors (Lipinski definition) is 7. The third-order valence-electron chi connectivity index (χ3n) is 5.73. The van der Waals surface area contributed by atoms with Crippen molar-refractivity contribution in [2.75, 3.05) is 19.8 Å². The van der Waals surface area contributed by atoms with E-state index in [2.05, 4.69) is 6.92 Å². The predicted octanol–water partition coefficient (Wildman–Crippen LogP) is 6.51. The lowest BCUT2D eigenvalue weighted by Crippen LogP contribution is -2.13. The standard InChI is InChI=1S/C15H26O4.C13H18O3/c16-14-10-8-6-4-2-1-3-5-7-9-11-15(17)19-13-12-18-14;1-2-3-4-7-10-16-13(15)11-8-5-6-9-12(11)14/h1-13H2;5-6,8-9,14H,2-4,7,10H2,1H3. The van der Waals surface area contributed by atoms with Crippen LogP contribution in [0, 0.1) is 0 Å². The van der Waals surface area contributed by atoms with Gasteiger partial charge in [-0.3, -0.25) is 9.59 Å². The molecular formula is C28H44O7. The quantitative estimate of drug-likeness (QED) is 0.275. The summed E-state index contributed by atoms with van der Waals surface area (Å²) in [5.41, 5.74) is 0.234. The van der Waals surface area contributed by atoms with E-state index in [0.717, 1.165) is 51.4 Å². The smallest absolute Gasteiger partial charge is 0.341 e. The Bertz CT molecular complexity index is 691. The van der Waals surface area contributed by atoms with Gasteiger partial charge in [0.25, 0.3) is 0 Å². The van der Waals surface area contributed by atoms with E-state index in [-0.39, 0.29) is 36.5 Å². The van der Waals surface area contributed by atoms with Gasteiger partial charge in [-0.25, -0.2) is 4.79 Å². The first-order valence-electron chi connectivity index (χ1n) is 13.3. The van der Waals surface area contributed by atoms with Crippen molar-refractivity contribution >= 4 is 17.9 Å². The maximum atomic E-state index is 11.5. The number of ether oxygens (including phenoxy) is 3. The van der Waals surface area contributed by atoms with Crippen LogP contribution in [-0.4, -0.2) is 42.8 Å². The highest BCUT2D eigenvalue weighted by atomic mass is 16.6. The first-order chi connectivity index (χ1) is 17.0. The Morgan fingerprint density at radius 1 is 0.800 bits per heavy atom. The minimum absolute atomic E-state index is 0.0268. The highest BCUT2D eigenvalue weighted by Gasteiger charge is 2.11. The Morgan fingerprint density at radius 3 is 1.83 bits per heavy atom. The molecule has 1 saturated heterocycles. The normalized spacial score (nSPS) is 16.6. The van der Waals surface area contributed by atoms with Gasteiger partial charge in [-0.2, -0.15) is 0 Å². The minimum Gasteiger partial charge on any atom is -0.507 e. The number of esters is 3. The van der Waals surface area contributed by atoms with E-state index in [1.165, 1.54) is 38.2 Å². The number of phenols is 1. The summed E-state index contributed by atoms with van der Waals surface area (Å²) >= 11 is 0. The number of carbonyl (C=O) groups is 3. The van der Waals surface area contributed by atoms with Crippen LogP contribution >= 0.6 is 0 Å². The molecule has 0 amide bonds. The van der Waals surface area contributed by atoms with Gasteiger partial charge in [0.05, 0.1) is 6.61 Å². The van der Waals surface area contributed by atoms with Crippen molar-refractivity contribution in [2.45, 2.75) is 103 Å². The fourth-order valence-electron chi connectivity index (χ4n) is 3.65. The average molecular weight is 493 g/mol.